The van der Waals surface area contributed by atoms with E-state index in [9.17, 15) is 9.90 Å². The number of phenolic OH excluding ortho intramolecular Hbond substituents is 1. The molecule has 0 aliphatic heterocycles. The third-order valence-electron chi connectivity index (χ3n) is 2.70. The van der Waals surface area contributed by atoms with Gasteiger partial charge in [0.05, 0.1) is 5.56 Å². The van der Waals surface area contributed by atoms with Crippen molar-refractivity contribution in [2.24, 2.45) is 5.73 Å². The number of hydrogen-bond donors (Lipinski definition) is 3. The fraction of sp³-hybridized carbons (Fsp3) is 0.308. The molecule has 0 unspecified atom stereocenters. The largest absolute Gasteiger partial charge is 0.507 e. The number of aryl methyl sites for hydroxylation is 1. The molecule has 0 radical (unpaired) electrons. The summed E-state index contributed by atoms with van der Waals surface area (Å²) in [5, 5.41) is 19.0. The maximum absolute atomic E-state index is 11.1. The molecule has 100 valence electrons. The first-order valence-corrected chi connectivity index (χ1v) is 5.41. The van der Waals surface area contributed by atoms with Crippen LogP contribution in [0.3, 0.4) is 0 Å². The fourth-order valence-corrected chi connectivity index (χ4v) is 1.72. The number of halogens is 1. The summed E-state index contributed by atoms with van der Waals surface area (Å²) in [5.74, 6) is -1.11. The summed E-state index contributed by atoms with van der Waals surface area (Å²) >= 11 is 0. The quantitative estimate of drug-likeness (QED) is 0.719. The Labute approximate surface area is 113 Å². The molecule has 18 heavy (non-hydrogen) atoms. The van der Waals surface area contributed by atoms with E-state index < -0.39 is 12.0 Å². The van der Waals surface area contributed by atoms with Crippen LogP contribution in [0, 0.1) is 6.92 Å². The zero-order chi connectivity index (χ0) is 13.0. The second-order valence-corrected chi connectivity index (χ2v) is 3.97. The summed E-state index contributed by atoms with van der Waals surface area (Å²) in [7, 11) is 0. The van der Waals surface area contributed by atoms with E-state index in [1.807, 2.05) is 0 Å². The van der Waals surface area contributed by atoms with Crippen LogP contribution in [0.25, 0.3) is 0 Å². The van der Waals surface area contributed by atoms with Gasteiger partial charge in [-0.1, -0.05) is 12.1 Å². The Kier molecular flexibility index (Phi) is 6.44. The average molecular weight is 272 g/mol. The van der Waals surface area contributed by atoms with Crippen molar-refractivity contribution in [3.63, 3.8) is 0 Å². The van der Waals surface area contributed by atoms with Gasteiger partial charge in [0, 0.05) is 11.6 Å². The highest BCUT2D eigenvalue weighted by atomic mass is 35.5. The lowest BCUT2D eigenvalue weighted by molar-refractivity contribution is 0.0694. The van der Waals surface area contributed by atoms with Crippen LogP contribution in [0.1, 0.15) is 40.4 Å². The van der Waals surface area contributed by atoms with Crippen molar-refractivity contribution in [2.75, 3.05) is 0 Å². The van der Waals surface area contributed by atoms with Gasteiger partial charge >= 0.3 is 5.97 Å². The van der Waals surface area contributed by atoms with Crippen LogP contribution >= 0.6 is 12.4 Å². The van der Waals surface area contributed by atoms with Crippen LogP contribution in [-0.4, -0.2) is 16.2 Å². The molecule has 0 amide bonds. The molecule has 0 spiro atoms. The SMILES string of the molecule is C=CCC[C@@H](N)c1c(C(=O)O)ccc(C)c1O.Cl. The van der Waals surface area contributed by atoms with Gasteiger partial charge in [0.2, 0.25) is 0 Å². The number of benzene rings is 1. The molecule has 0 aromatic heterocycles. The molecular weight excluding hydrogens is 254 g/mol. The van der Waals surface area contributed by atoms with Gasteiger partial charge in [-0.2, -0.15) is 0 Å². The van der Waals surface area contributed by atoms with Crippen LogP contribution in [0.4, 0.5) is 0 Å². The molecule has 0 heterocycles. The Morgan fingerprint density at radius 3 is 2.67 bits per heavy atom. The fourth-order valence-electron chi connectivity index (χ4n) is 1.72. The van der Waals surface area contributed by atoms with Gasteiger partial charge in [0.1, 0.15) is 5.75 Å². The molecule has 4 nitrogen and oxygen atoms in total. The zero-order valence-electron chi connectivity index (χ0n) is 10.2. The summed E-state index contributed by atoms with van der Waals surface area (Å²) in [4.78, 5) is 11.1. The minimum atomic E-state index is -1.08. The van der Waals surface area contributed by atoms with Gasteiger partial charge in [0.15, 0.2) is 0 Å². The van der Waals surface area contributed by atoms with Crippen LogP contribution in [-0.2, 0) is 0 Å². The highest BCUT2D eigenvalue weighted by molar-refractivity contribution is 5.90. The summed E-state index contributed by atoms with van der Waals surface area (Å²) in [6, 6.07) is 2.54. The molecule has 0 aliphatic rings. The summed E-state index contributed by atoms with van der Waals surface area (Å²) in [5.41, 5.74) is 6.91. The highest BCUT2D eigenvalue weighted by Gasteiger charge is 2.20. The first-order chi connectivity index (χ1) is 7.99. The zero-order valence-corrected chi connectivity index (χ0v) is 11.0. The van der Waals surface area contributed by atoms with Crippen LogP contribution in [0.15, 0.2) is 24.8 Å². The molecule has 1 atom stereocenters. The molecule has 5 heteroatoms. The van der Waals surface area contributed by atoms with Gasteiger partial charge in [-0.05, 0) is 31.4 Å². The van der Waals surface area contributed by atoms with Crippen molar-refractivity contribution in [1.29, 1.82) is 0 Å². The third-order valence-corrected chi connectivity index (χ3v) is 2.70. The monoisotopic (exact) mass is 271 g/mol. The van der Waals surface area contributed by atoms with E-state index in [4.69, 9.17) is 10.8 Å². The summed E-state index contributed by atoms with van der Waals surface area (Å²) in [6.07, 6.45) is 2.95. The Morgan fingerprint density at radius 2 is 2.17 bits per heavy atom. The summed E-state index contributed by atoms with van der Waals surface area (Å²) in [6.45, 7) is 5.30. The summed E-state index contributed by atoms with van der Waals surface area (Å²) < 4.78 is 0. The molecule has 1 rings (SSSR count). The van der Waals surface area contributed by atoms with Gasteiger partial charge in [-0.3, -0.25) is 0 Å². The number of hydrogen-bond acceptors (Lipinski definition) is 3. The molecule has 0 aliphatic carbocycles. The molecule has 0 fully saturated rings. The van der Waals surface area contributed by atoms with Crippen molar-refractivity contribution in [3.05, 3.63) is 41.5 Å². The number of aromatic carboxylic acids is 1. The van der Waals surface area contributed by atoms with Gasteiger partial charge in [-0.25, -0.2) is 4.79 Å². The second kappa shape index (κ2) is 7.03. The van der Waals surface area contributed by atoms with Crippen molar-refractivity contribution in [1.82, 2.24) is 0 Å². The van der Waals surface area contributed by atoms with E-state index >= 15 is 0 Å². The highest BCUT2D eigenvalue weighted by Crippen LogP contribution is 2.32. The lowest BCUT2D eigenvalue weighted by Gasteiger charge is -2.17. The number of carboxylic acid groups (broad SMARTS) is 1. The Bertz CT molecular complexity index is 446. The molecule has 0 saturated carbocycles. The number of phenols is 1. The molecule has 0 saturated heterocycles. The van der Waals surface area contributed by atoms with Crippen LogP contribution in [0.2, 0.25) is 0 Å². The van der Waals surface area contributed by atoms with E-state index in [0.29, 0.717) is 24.0 Å². The molecular formula is C13H18ClNO3. The third kappa shape index (κ3) is 3.48. The van der Waals surface area contributed by atoms with E-state index in [2.05, 4.69) is 6.58 Å². The van der Waals surface area contributed by atoms with E-state index in [-0.39, 0.29) is 23.7 Å². The average Bonchev–Trinajstić information content (AvgIpc) is 2.28. The van der Waals surface area contributed by atoms with E-state index in [1.54, 1.807) is 19.1 Å². The van der Waals surface area contributed by atoms with E-state index in [0.717, 1.165) is 0 Å². The molecule has 1 aromatic rings. The Balaban J connectivity index is 0.00000289. The topological polar surface area (TPSA) is 83.6 Å². The number of aromatic hydroxyl groups is 1. The first-order valence-electron chi connectivity index (χ1n) is 5.41. The molecule has 0 bridgehead atoms. The van der Waals surface area contributed by atoms with E-state index in [1.165, 1.54) is 6.07 Å². The van der Waals surface area contributed by atoms with Gasteiger partial charge < -0.3 is 15.9 Å². The predicted molar refractivity (Wildman–Crippen MR) is 73.4 cm³/mol. The van der Waals surface area contributed by atoms with Crippen molar-refractivity contribution in [3.8, 4) is 5.75 Å². The minimum absolute atomic E-state index is 0. The van der Waals surface area contributed by atoms with Crippen molar-refractivity contribution >= 4 is 18.4 Å². The number of nitrogens with two attached hydrogens (primary N) is 1. The van der Waals surface area contributed by atoms with Gasteiger partial charge in [0.25, 0.3) is 0 Å². The first kappa shape index (κ1) is 16.5. The Morgan fingerprint density at radius 1 is 1.56 bits per heavy atom. The number of carboxylic acids is 1. The van der Waals surface area contributed by atoms with Crippen LogP contribution < -0.4 is 5.73 Å². The minimum Gasteiger partial charge on any atom is -0.507 e. The standard InChI is InChI=1S/C13H17NO3.ClH/c1-3-4-5-10(14)11-9(13(16)17)7-6-8(2)12(11)15;/h3,6-7,10,15H,1,4-5,14H2,2H3,(H,16,17);1H/t10-;/m1./s1. The normalized spacial score (nSPS) is 11.4. The number of allylic oxidation sites excluding steroid dienone is 1. The lowest BCUT2D eigenvalue weighted by Crippen LogP contribution is -2.15. The predicted octanol–water partition coefficient (Wildman–Crippen LogP) is 2.79. The molecule has 1 aromatic carbocycles. The van der Waals surface area contributed by atoms with Gasteiger partial charge in [-0.15, -0.1) is 19.0 Å². The van der Waals surface area contributed by atoms with Crippen LogP contribution in [0.5, 0.6) is 5.75 Å². The molecule has 4 N–H and O–H groups in total. The number of carbonyl (C=O) groups is 1. The second-order valence-electron chi connectivity index (χ2n) is 3.97. The van der Waals surface area contributed by atoms with Crippen molar-refractivity contribution in [2.45, 2.75) is 25.8 Å². The number of rotatable bonds is 5. The van der Waals surface area contributed by atoms with Crippen molar-refractivity contribution < 1.29 is 15.0 Å². The lowest BCUT2D eigenvalue weighted by atomic mass is 9.94. The smallest absolute Gasteiger partial charge is 0.336 e. The Hall–Kier alpha value is -1.52. The maximum atomic E-state index is 11.1. The maximum Gasteiger partial charge on any atom is 0.336 e.